The minimum Gasteiger partial charge on any atom is -0.469 e. The molecular weight excluding hydrogens is 212 g/mol. The van der Waals surface area contributed by atoms with E-state index in [1.807, 2.05) is 0 Å². The van der Waals surface area contributed by atoms with E-state index in [9.17, 15) is 4.79 Å². The number of carbonyl (C=O) groups excluding carboxylic acids is 1. The SMILES string of the molecule is COC(=O)CCN(CCC(N)=S)C1CC1. The third kappa shape index (κ3) is 5.09. The summed E-state index contributed by atoms with van der Waals surface area (Å²) in [6.45, 7) is 1.61. The number of thiocarbonyl (C=S) groups is 1. The number of hydrogen-bond acceptors (Lipinski definition) is 4. The quantitative estimate of drug-likeness (QED) is 0.515. The molecule has 0 aromatic carbocycles. The van der Waals surface area contributed by atoms with Crippen LogP contribution in [-0.2, 0) is 9.53 Å². The molecule has 0 bridgehead atoms. The summed E-state index contributed by atoms with van der Waals surface area (Å²) in [5, 5.41) is 0. The molecule has 0 radical (unpaired) electrons. The summed E-state index contributed by atoms with van der Waals surface area (Å²) in [6.07, 6.45) is 3.62. The summed E-state index contributed by atoms with van der Waals surface area (Å²) in [5.41, 5.74) is 5.46. The highest BCUT2D eigenvalue weighted by Crippen LogP contribution is 2.26. The van der Waals surface area contributed by atoms with Crippen molar-refractivity contribution >= 4 is 23.2 Å². The van der Waals surface area contributed by atoms with Gasteiger partial charge in [0.1, 0.15) is 0 Å². The van der Waals surface area contributed by atoms with Crippen molar-refractivity contribution in [3.8, 4) is 0 Å². The molecule has 0 atom stereocenters. The van der Waals surface area contributed by atoms with Gasteiger partial charge in [-0.25, -0.2) is 0 Å². The van der Waals surface area contributed by atoms with Crippen LogP contribution in [0.15, 0.2) is 0 Å². The number of hydrogen-bond donors (Lipinski definition) is 1. The second-order valence-electron chi connectivity index (χ2n) is 3.81. The lowest BCUT2D eigenvalue weighted by Crippen LogP contribution is -2.31. The molecule has 86 valence electrons. The maximum Gasteiger partial charge on any atom is 0.306 e. The molecule has 0 aromatic rings. The first kappa shape index (κ1) is 12.4. The average molecular weight is 230 g/mol. The van der Waals surface area contributed by atoms with Crippen LogP contribution in [0.25, 0.3) is 0 Å². The molecular formula is C10H18N2O2S. The molecule has 0 heterocycles. The molecule has 0 spiro atoms. The Kier molecular flexibility index (Phi) is 4.98. The van der Waals surface area contributed by atoms with Crippen LogP contribution in [-0.4, -0.2) is 42.1 Å². The highest BCUT2D eigenvalue weighted by Gasteiger charge is 2.28. The molecule has 1 rings (SSSR count). The zero-order valence-electron chi connectivity index (χ0n) is 9.07. The van der Waals surface area contributed by atoms with E-state index in [1.54, 1.807) is 0 Å². The number of rotatable bonds is 7. The van der Waals surface area contributed by atoms with Gasteiger partial charge in [-0.05, 0) is 12.8 Å². The van der Waals surface area contributed by atoms with Gasteiger partial charge in [0, 0.05) is 25.6 Å². The fraction of sp³-hybridized carbons (Fsp3) is 0.800. The van der Waals surface area contributed by atoms with Crippen molar-refractivity contribution in [3.63, 3.8) is 0 Å². The van der Waals surface area contributed by atoms with Crippen LogP contribution in [0.1, 0.15) is 25.7 Å². The Morgan fingerprint density at radius 3 is 2.53 bits per heavy atom. The Labute approximate surface area is 95.8 Å². The number of nitrogens with zero attached hydrogens (tertiary/aromatic N) is 1. The predicted molar refractivity (Wildman–Crippen MR) is 62.6 cm³/mol. The van der Waals surface area contributed by atoms with Gasteiger partial charge in [0.2, 0.25) is 0 Å². The van der Waals surface area contributed by atoms with Crippen LogP contribution in [0, 0.1) is 0 Å². The zero-order valence-corrected chi connectivity index (χ0v) is 9.89. The van der Waals surface area contributed by atoms with Crippen LogP contribution in [0.3, 0.4) is 0 Å². The molecule has 0 saturated heterocycles. The molecule has 0 amide bonds. The molecule has 4 nitrogen and oxygen atoms in total. The van der Waals surface area contributed by atoms with Gasteiger partial charge in [0.15, 0.2) is 0 Å². The first-order valence-corrected chi connectivity index (χ1v) is 5.63. The Hall–Kier alpha value is -0.680. The van der Waals surface area contributed by atoms with Crippen LogP contribution in [0.5, 0.6) is 0 Å². The summed E-state index contributed by atoms with van der Waals surface area (Å²) in [5.74, 6) is -0.157. The monoisotopic (exact) mass is 230 g/mol. The van der Waals surface area contributed by atoms with Crippen LogP contribution < -0.4 is 5.73 Å². The van der Waals surface area contributed by atoms with Crippen LogP contribution in [0.4, 0.5) is 0 Å². The van der Waals surface area contributed by atoms with E-state index in [-0.39, 0.29) is 5.97 Å². The molecule has 1 aliphatic carbocycles. The Bertz CT molecular complexity index is 242. The smallest absolute Gasteiger partial charge is 0.306 e. The van der Waals surface area contributed by atoms with Gasteiger partial charge in [-0.3, -0.25) is 9.69 Å². The fourth-order valence-electron chi connectivity index (χ4n) is 1.51. The molecule has 0 aliphatic heterocycles. The summed E-state index contributed by atoms with van der Waals surface area (Å²) < 4.78 is 4.61. The van der Waals surface area contributed by atoms with E-state index >= 15 is 0 Å². The van der Waals surface area contributed by atoms with E-state index in [2.05, 4.69) is 9.64 Å². The lowest BCUT2D eigenvalue weighted by Gasteiger charge is -2.20. The Morgan fingerprint density at radius 2 is 2.07 bits per heavy atom. The molecule has 5 heteroatoms. The van der Waals surface area contributed by atoms with E-state index in [0.29, 0.717) is 17.5 Å². The van der Waals surface area contributed by atoms with Crippen molar-refractivity contribution in [2.45, 2.75) is 31.7 Å². The maximum absolute atomic E-state index is 11.0. The fourth-order valence-corrected chi connectivity index (χ4v) is 1.60. The standard InChI is InChI=1S/C10H18N2O2S/c1-14-10(13)5-7-12(8-2-3-8)6-4-9(11)15/h8H,2-7H2,1H3,(H2,11,15). The maximum atomic E-state index is 11.0. The average Bonchev–Trinajstić information content (AvgIpc) is 3.00. The van der Waals surface area contributed by atoms with Crippen molar-refractivity contribution in [1.82, 2.24) is 4.90 Å². The first-order chi connectivity index (χ1) is 7.13. The summed E-state index contributed by atoms with van der Waals surface area (Å²) in [7, 11) is 1.42. The van der Waals surface area contributed by atoms with E-state index < -0.39 is 0 Å². The van der Waals surface area contributed by atoms with Crippen LogP contribution in [0.2, 0.25) is 0 Å². The molecule has 0 unspecified atom stereocenters. The molecule has 2 N–H and O–H groups in total. The Balaban J connectivity index is 2.24. The lowest BCUT2D eigenvalue weighted by atomic mass is 10.3. The second-order valence-corrected chi connectivity index (χ2v) is 4.33. The molecule has 1 fully saturated rings. The first-order valence-electron chi connectivity index (χ1n) is 5.22. The predicted octanol–water partition coefficient (Wildman–Crippen LogP) is 0.690. The highest BCUT2D eigenvalue weighted by molar-refractivity contribution is 7.80. The van der Waals surface area contributed by atoms with Crippen molar-refractivity contribution in [2.75, 3.05) is 20.2 Å². The number of carbonyl (C=O) groups is 1. The largest absolute Gasteiger partial charge is 0.469 e. The highest BCUT2D eigenvalue weighted by atomic mass is 32.1. The van der Waals surface area contributed by atoms with Crippen molar-refractivity contribution in [2.24, 2.45) is 5.73 Å². The topological polar surface area (TPSA) is 55.6 Å². The zero-order chi connectivity index (χ0) is 11.3. The van der Waals surface area contributed by atoms with Gasteiger partial charge in [-0.1, -0.05) is 12.2 Å². The van der Waals surface area contributed by atoms with Gasteiger partial charge < -0.3 is 10.5 Å². The van der Waals surface area contributed by atoms with Gasteiger partial charge in [0.05, 0.1) is 18.5 Å². The van der Waals surface area contributed by atoms with Gasteiger partial charge in [0.25, 0.3) is 0 Å². The minimum atomic E-state index is -0.157. The molecule has 15 heavy (non-hydrogen) atoms. The molecule has 0 aromatic heterocycles. The van der Waals surface area contributed by atoms with Crippen molar-refractivity contribution in [1.29, 1.82) is 0 Å². The van der Waals surface area contributed by atoms with E-state index in [4.69, 9.17) is 18.0 Å². The number of methoxy groups -OCH3 is 1. The van der Waals surface area contributed by atoms with Gasteiger partial charge in [-0.15, -0.1) is 0 Å². The summed E-state index contributed by atoms with van der Waals surface area (Å²) in [6, 6.07) is 0.629. The molecule has 1 aliphatic rings. The normalized spacial score (nSPS) is 15.3. The Morgan fingerprint density at radius 1 is 1.47 bits per heavy atom. The number of esters is 1. The van der Waals surface area contributed by atoms with Gasteiger partial charge in [-0.2, -0.15) is 0 Å². The van der Waals surface area contributed by atoms with Gasteiger partial charge >= 0.3 is 5.97 Å². The number of ether oxygens (including phenoxy) is 1. The molecule has 1 saturated carbocycles. The number of nitrogens with two attached hydrogens (primary N) is 1. The van der Waals surface area contributed by atoms with Crippen LogP contribution >= 0.6 is 12.2 Å². The summed E-state index contributed by atoms with van der Waals surface area (Å²) >= 11 is 4.84. The van der Waals surface area contributed by atoms with E-state index in [0.717, 1.165) is 19.5 Å². The van der Waals surface area contributed by atoms with Crippen molar-refractivity contribution in [3.05, 3.63) is 0 Å². The summed E-state index contributed by atoms with van der Waals surface area (Å²) in [4.78, 5) is 13.8. The second kappa shape index (κ2) is 6.02. The van der Waals surface area contributed by atoms with Crippen molar-refractivity contribution < 1.29 is 9.53 Å². The minimum absolute atomic E-state index is 0.157. The lowest BCUT2D eigenvalue weighted by molar-refractivity contribution is -0.141. The van der Waals surface area contributed by atoms with E-state index in [1.165, 1.54) is 20.0 Å². The third-order valence-corrected chi connectivity index (χ3v) is 2.74. The third-order valence-electron chi connectivity index (χ3n) is 2.54.